The number of alkyl carbamates (subject to hydrolysis) is 1. The summed E-state index contributed by atoms with van der Waals surface area (Å²) in [6, 6.07) is 9.55. The van der Waals surface area contributed by atoms with E-state index in [0.29, 0.717) is 26.0 Å². The molecule has 1 N–H and O–H groups in total. The van der Waals surface area contributed by atoms with Crippen LogP contribution in [0, 0.1) is 0 Å². The highest BCUT2D eigenvalue weighted by molar-refractivity contribution is 5.69. The molecule has 5 nitrogen and oxygen atoms in total. The maximum Gasteiger partial charge on any atom is 0.407 e. The fraction of sp³-hybridized carbons (Fsp3) is 0.704. The summed E-state index contributed by atoms with van der Waals surface area (Å²) in [5.41, 5.74) is 0.949. The van der Waals surface area contributed by atoms with Gasteiger partial charge >= 0.3 is 12.1 Å². The molecule has 0 spiro atoms. The lowest BCUT2D eigenvalue weighted by molar-refractivity contribution is -0.143. The zero-order valence-corrected chi connectivity index (χ0v) is 20.2. The van der Waals surface area contributed by atoms with Gasteiger partial charge in [0, 0.05) is 13.0 Å². The lowest BCUT2D eigenvalue weighted by Crippen LogP contribution is -2.26. The molecular formula is C27H45NO4. The van der Waals surface area contributed by atoms with E-state index in [1.807, 2.05) is 30.3 Å². The van der Waals surface area contributed by atoms with Gasteiger partial charge in [0.15, 0.2) is 0 Å². The number of amides is 1. The van der Waals surface area contributed by atoms with E-state index in [-0.39, 0.29) is 12.6 Å². The second kappa shape index (κ2) is 20.8. The molecule has 0 heterocycles. The lowest BCUT2D eigenvalue weighted by Gasteiger charge is -2.08. The number of esters is 1. The second-order valence-electron chi connectivity index (χ2n) is 8.56. The van der Waals surface area contributed by atoms with Crippen LogP contribution in [0.1, 0.15) is 109 Å². The second-order valence-corrected chi connectivity index (χ2v) is 8.56. The first-order valence-corrected chi connectivity index (χ1v) is 12.8. The molecular weight excluding hydrogens is 402 g/mol. The fourth-order valence-electron chi connectivity index (χ4n) is 3.58. The molecule has 0 aliphatic heterocycles. The fourth-order valence-corrected chi connectivity index (χ4v) is 3.58. The summed E-state index contributed by atoms with van der Waals surface area (Å²) < 4.78 is 10.4. The predicted octanol–water partition coefficient (Wildman–Crippen LogP) is 7.33. The third kappa shape index (κ3) is 17.6. The Morgan fingerprint density at radius 1 is 0.719 bits per heavy atom. The minimum absolute atomic E-state index is 0.139. The number of nitrogens with one attached hydrogen (secondary N) is 1. The molecule has 1 aromatic carbocycles. The van der Waals surface area contributed by atoms with Crippen molar-refractivity contribution in [2.45, 2.75) is 110 Å². The first kappa shape index (κ1) is 28.0. The van der Waals surface area contributed by atoms with Gasteiger partial charge in [-0.3, -0.25) is 4.79 Å². The van der Waals surface area contributed by atoms with Gasteiger partial charge in [-0.05, 0) is 18.4 Å². The molecule has 0 unspecified atom stereocenters. The van der Waals surface area contributed by atoms with E-state index >= 15 is 0 Å². The van der Waals surface area contributed by atoms with Crippen molar-refractivity contribution in [3.8, 4) is 0 Å². The van der Waals surface area contributed by atoms with Crippen molar-refractivity contribution in [2.24, 2.45) is 0 Å². The molecule has 0 saturated heterocycles. The number of unbranched alkanes of at least 4 members (excludes halogenated alkanes) is 12. The highest BCUT2D eigenvalue weighted by Gasteiger charge is 2.04. The quantitative estimate of drug-likeness (QED) is 0.168. The smallest absolute Gasteiger partial charge is 0.407 e. The molecule has 5 heteroatoms. The summed E-state index contributed by atoms with van der Waals surface area (Å²) in [5.74, 6) is -0.139. The summed E-state index contributed by atoms with van der Waals surface area (Å²) in [5, 5.41) is 2.67. The Balaban J connectivity index is 1.80. The number of carbonyl (C=O) groups excluding carboxylic acids is 2. The van der Waals surface area contributed by atoms with E-state index in [1.54, 1.807) is 0 Å². The van der Waals surface area contributed by atoms with Crippen molar-refractivity contribution in [1.29, 1.82) is 0 Å². The summed E-state index contributed by atoms with van der Waals surface area (Å²) >= 11 is 0. The third-order valence-corrected chi connectivity index (χ3v) is 5.55. The van der Waals surface area contributed by atoms with Crippen LogP contribution in [0.25, 0.3) is 0 Å². The van der Waals surface area contributed by atoms with Crippen LogP contribution < -0.4 is 5.32 Å². The predicted molar refractivity (Wildman–Crippen MR) is 131 cm³/mol. The molecule has 0 radical (unpaired) electrons. The first-order valence-electron chi connectivity index (χ1n) is 12.8. The topological polar surface area (TPSA) is 64.6 Å². The van der Waals surface area contributed by atoms with Crippen molar-refractivity contribution in [3.63, 3.8) is 0 Å². The highest BCUT2D eigenvalue weighted by atomic mass is 16.5. The van der Waals surface area contributed by atoms with Crippen molar-refractivity contribution in [3.05, 3.63) is 35.9 Å². The van der Waals surface area contributed by atoms with Crippen molar-refractivity contribution < 1.29 is 19.1 Å². The monoisotopic (exact) mass is 447 g/mol. The minimum atomic E-state index is -0.452. The molecule has 0 aliphatic carbocycles. The average molecular weight is 448 g/mol. The zero-order valence-electron chi connectivity index (χ0n) is 20.2. The summed E-state index contributed by atoms with van der Waals surface area (Å²) in [7, 11) is 0. The molecule has 0 saturated carbocycles. The summed E-state index contributed by atoms with van der Waals surface area (Å²) in [4.78, 5) is 23.4. The maximum absolute atomic E-state index is 11.8. The van der Waals surface area contributed by atoms with E-state index in [2.05, 4.69) is 12.2 Å². The van der Waals surface area contributed by atoms with Gasteiger partial charge in [-0.1, -0.05) is 114 Å². The molecule has 0 aromatic heterocycles. The Kier molecular flexibility index (Phi) is 18.2. The largest absolute Gasteiger partial charge is 0.466 e. The van der Waals surface area contributed by atoms with Crippen LogP contribution in [-0.2, 0) is 20.9 Å². The van der Waals surface area contributed by atoms with Gasteiger partial charge in [0.1, 0.15) is 6.61 Å². The minimum Gasteiger partial charge on any atom is -0.466 e. The summed E-state index contributed by atoms with van der Waals surface area (Å²) in [6.45, 7) is 3.27. The molecule has 1 aromatic rings. The normalized spacial score (nSPS) is 10.7. The van der Waals surface area contributed by atoms with Gasteiger partial charge in [0.2, 0.25) is 0 Å². The lowest BCUT2D eigenvalue weighted by atomic mass is 10.0. The Morgan fingerprint density at radius 3 is 1.88 bits per heavy atom. The number of hydrogen-bond donors (Lipinski definition) is 1. The molecule has 182 valence electrons. The third-order valence-electron chi connectivity index (χ3n) is 5.55. The van der Waals surface area contributed by atoms with Crippen LogP contribution in [-0.4, -0.2) is 25.2 Å². The molecule has 0 atom stereocenters. The Bertz CT molecular complexity index is 576. The van der Waals surface area contributed by atoms with Crippen molar-refractivity contribution in [2.75, 3.05) is 13.2 Å². The van der Waals surface area contributed by atoms with Crippen molar-refractivity contribution >= 4 is 12.1 Å². The Morgan fingerprint density at radius 2 is 1.28 bits per heavy atom. The van der Waals surface area contributed by atoms with Crippen molar-refractivity contribution in [1.82, 2.24) is 5.32 Å². The van der Waals surface area contributed by atoms with Crippen LogP contribution >= 0.6 is 0 Å². The van der Waals surface area contributed by atoms with Crippen LogP contribution in [0.2, 0.25) is 0 Å². The van der Waals surface area contributed by atoms with Gasteiger partial charge in [-0.2, -0.15) is 0 Å². The van der Waals surface area contributed by atoms with Gasteiger partial charge in [-0.15, -0.1) is 0 Å². The summed E-state index contributed by atoms with van der Waals surface area (Å²) in [6.07, 6.45) is 17.5. The molecule has 0 aliphatic rings. The maximum atomic E-state index is 11.8. The number of hydrogen-bond acceptors (Lipinski definition) is 4. The van der Waals surface area contributed by atoms with Crippen LogP contribution in [0.4, 0.5) is 4.79 Å². The van der Waals surface area contributed by atoms with Gasteiger partial charge in [0.05, 0.1) is 6.61 Å². The first-order chi connectivity index (χ1) is 15.7. The Hall–Kier alpha value is -2.04. The van der Waals surface area contributed by atoms with E-state index in [0.717, 1.165) is 18.4 Å². The van der Waals surface area contributed by atoms with E-state index in [4.69, 9.17) is 9.47 Å². The van der Waals surface area contributed by atoms with E-state index < -0.39 is 6.09 Å². The van der Waals surface area contributed by atoms with Crippen LogP contribution in [0.15, 0.2) is 30.3 Å². The van der Waals surface area contributed by atoms with Gasteiger partial charge in [-0.25, -0.2) is 4.79 Å². The SMILES string of the molecule is CCCCCCCCCCCCCCCC(=O)OCCCNC(=O)OCc1ccccc1. The molecule has 0 bridgehead atoms. The Labute approximate surface area is 195 Å². The van der Waals surface area contributed by atoms with Gasteiger partial charge in [0.25, 0.3) is 0 Å². The van der Waals surface area contributed by atoms with Crippen LogP contribution in [0.3, 0.4) is 0 Å². The highest BCUT2D eigenvalue weighted by Crippen LogP contribution is 2.13. The zero-order chi connectivity index (χ0) is 23.1. The van der Waals surface area contributed by atoms with Crippen LogP contribution in [0.5, 0.6) is 0 Å². The average Bonchev–Trinajstić information content (AvgIpc) is 2.81. The van der Waals surface area contributed by atoms with Gasteiger partial charge < -0.3 is 14.8 Å². The number of ether oxygens (including phenoxy) is 2. The number of benzene rings is 1. The molecule has 1 amide bonds. The molecule has 32 heavy (non-hydrogen) atoms. The standard InChI is InChI=1S/C27H45NO4/c1-2-3-4-5-6-7-8-9-10-11-12-13-17-21-26(29)31-23-18-22-28-27(30)32-24-25-19-15-14-16-20-25/h14-16,19-20H,2-13,17-18,21-24H2,1H3,(H,28,30). The molecule has 1 rings (SSSR count). The molecule has 0 fully saturated rings. The number of rotatable bonds is 20. The van der Waals surface area contributed by atoms with E-state index in [1.165, 1.54) is 70.6 Å². The van der Waals surface area contributed by atoms with E-state index in [9.17, 15) is 9.59 Å². The number of carbonyl (C=O) groups is 2.